The van der Waals surface area contributed by atoms with Gasteiger partial charge in [0.2, 0.25) is 5.91 Å². The molecule has 0 unspecified atom stereocenters. The van der Waals surface area contributed by atoms with Crippen LogP contribution in [0.25, 0.3) is 0 Å². The molecule has 1 aliphatic heterocycles. The second-order valence-corrected chi connectivity index (χ2v) is 7.22. The minimum absolute atomic E-state index is 0.165. The van der Waals surface area contributed by atoms with Gasteiger partial charge in [0, 0.05) is 42.8 Å². The third-order valence-corrected chi connectivity index (χ3v) is 5.18. The number of carbonyl (C=O) groups is 1. The average Bonchev–Trinajstić information content (AvgIpc) is 3.09. The van der Waals surface area contributed by atoms with E-state index in [0.717, 1.165) is 55.3 Å². The van der Waals surface area contributed by atoms with Gasteiger partial charge < -0.3 is 10.2 Å². The fourth-order valence-corrected chi connectivity index (χ4v) is 3.70. The SMILES string of the molecule is Cc1cccc(N2CCC(NC(=O)CCCc3nccs3)CC2)n1. The Balaban J connectivity index is 1.38. The van der Waals surface area contributed by atoms with E-state index in [2.05, 4.69) is 26.3 Å². The number of hydrogen-bond donors (Lipinski definition) is 1. The van der Waals surface area contributed by atoms with E-state index in [9.17, 15) is 4.79 Å². The summed E-state index contributed by atoms with van der Waals surface area (Å²) in [4.78, 5) is 23.2. The number of rotatable bonds is 6. The molecule has 1 saturated heterocycles. The van der Waals surface area contributed by atoms with Crippen LogP contribution in [0.2, 0.25) is 0 Å². The average molecular weight is 344 g/mol. The molecule has 2 aromatic heterocycles. The van der Waals surface area contributed by atoms with E-state index in [1.807, 2.05) is 30.6 Å². The first kappa shape index (κ1) is 16.9. The summed E-state index contributed by atoms with van der Waals surface area (Å²) in [7, 11) is 0. The Bertz CT molecular complexity index is 651. The van der Waals surface area contributed by atoms with Crippen molar-refractivity contribution in [2.75, 3.05) is 18.0 Å². The van der Waals surface area contributed by atoms with E-state index in [1.165, 1.54) is 0 Å². The van der Waals surface area contributed by atoms with E-state index in [1.54, 1.807) is 11.3 Å². The normalized spacial score (nSPS) is 15.5. The first-order valence-electron chi connectivity index (χ1n) is 8.57. The van der Waals surface area contributed by atoms with Crippen molar-refractivity contribution < 1.29 is 4.79 Å². The summed E-state index contributed by atoms with van der Waals surface area (Å²) in [6.45, 7) is 3.91. The first-order valence-corrected chi connectivity index (χ1v) is 9.45. The quantitative estimate of drug-likeness (QED) is 0.875. The molecule has 0 atom stereocenters. The zero-order valence-electron chi connectivity index (χ0n) is 14.1. The molecule has 128 valence electrons. The van der Waals surface area contributed by atoms with Crippen LogP contribution in [0.15, 0.2) is 29.8 Å². The highest BCUT2D eigenvalue weighted by atomic mass is 32.1. The van der Waals surface area contributed by atoms with Crippen LogP contribution < -0.4 is 10.2 Å². The smallest absolute Gasteiger partial charge is 0.220 e. The molecule has 0 spiro atoms. The minimum Gasteiger partial charge on any atom is -0.356 e. The lowest BCUT2D eigenvalue weighted by molar-refractivity contribution is -0.122. The number of amides is 1. The Morgan fingerprint density at radius 2 is 2.21 bits per heavy atom. The molecule has 1 amide bonds. The van der Waals surface area contributed by atoms with E-state index in [-0.39, 0.29) is 5.91 Å². The van der Waals surface area contributed by atoms with Crippen molar-refractivity contribution in [2.24, 2.45) is 0 Å². The van der Waals surface area contributed by atoms with Gasteiger partial charge in [-0.3, -0.25) is 4.79 Å². The molecule has 0 aliphatic carbocycles. The van der Waals surface area contributed by atoms with Gasteiger partial charge in [0.25, 0.3) is 0 Å². The van der Waals surface area contributed by atoms with Crippen molar-refractivity contribution in [1.82, 2.24) is 15.3 Å². The number of pyridine rings is 1. The fraction of sp³-hybridized carbons (Fsp3) is 0.500. The van der Waals surface area contributed by atoms with Gasteiger partial charge in [0.1, 0.15) is 5.82 Å². The van der Waals surface area contributed by atoms with Crippen molar-refractivity contribution in [1.29, 1.82) is 0 Å². The zero-order valence-corrected chi connectivity index (χ0v) is 14.9. The molecule has 0 saturated carbocycles. The number of anilines is 1. The summed E-state index contributed by atoms with van der Waals surface area (Å²) >= 11 is 1.66. The molecule has 2 aromatic rings. The van der Waals surface area contributed by atoms with Gasteiger partial charge in [0.15, 0.2) is 0 Å². The van der Waals surface area contributed by atoms with Crippen molar-refractivity contribution in [2.45, 2.75) is 45.1 Å². The molecule has 3 rings (SSSR count). The number of aryl methyl sites for hydroxylation is 2. The van der Waals surface area contributed by atoms with Crippen molar-refractivity contribution in [3.8, 4) is 0 Å². The Morgan fingerprint density at radius 1 is 1.38 bits per heavy atom. The summed E-state index contributed by atoms with van der Waals surface area (Å²) in [5.74, 6) is 1.21. The summed E-state index contributed by atoms with van der Waals surface area (Å²) in [5, 5.41) is 6.27. The number of nitrogens with zero attached hydrogens (tertiary/aromatic N) is 3. The van der Waals surface area contributed by atoms with Crippen LogP contribution in [-0.2, 0) is 11.2 Å². The zero-order chi connectivity index (χ0) is 16.8. The molecule has 6 heteroatoms. The van der Waals surface area contributed by atoms with E-state index < -0.39 is 0 Å². The molecule has 24 heavy (non-hydrogen) atoms. The number of hydrogen-bond acceptors (Lipinski definition) is 5. The number of carbonyl (C=O) groups excluding carboxylic acids is 1. The number of piperidine rings is 1. The monoisotopic (exact) mass is 344 g/mol. The second-order valence-electron chi connectivity index (χ2n) is 6.25. The van der Waals surface area contributed by atoms with Crippen LogP contribution in [0.5, 0.6) is 0 Å². The van der Waals surface area contributed by atoms with E-state index in [0.29, 0.717) is 12.5 Å². The highest BCUT2D eigenvalue weighted by Crippen LogP contribution is 2.18. The predicted octanol–water partition coefficient (Wildman–Crippen LogP) is 2.95. The van der Waals surface area contributed by atoms with Crippen molar-refractivity contribution in [3.05, 3.63) is 40.5 Å². The summed E-state index contributed by atoms with van der Waals surface area (Å²) in [5.41, 5.74) is 1.04. The van der Waals surface area contributed by atoms with Gasteiger partial charge in [-0.15, -0.1) is 11.3 Å². The van der Waals surface area contributed by atoms with E-state index in [4.69, 9.17) is 0 Å². The largest absolute Gasteiger partial charge is 0.356 e. The lowest BCUT2D eigenvalue weighted by atomic mass is 10.0. The molecular formula is C18H24N4OS. The molecule has 3 heterocycles. The third kappa shape index (κ3) is 4.77. The Kier molecular flexibility index (Phi) is 5.80. The fourth-order valence-electron chi connectivity index (χ4n) is 3.03. The molecule has 5 nitrogen and oxygen atoms in total. The molecule has 0 aromatic carbocycles. The Hall–Kier alpha value is -1.95. The van der Waals surface area contributed by atoms with Crippen molar-refractivity contribution in [3.63, 3.8) is 0 Å². The summed E-state index contributed by atoms with van der Waals surface area (Å²) < 4.78 is 0. The van der Waals surface area contributed by atoms with Gasteiger partial charge in [-0.1, -0.05) is 6.07 Å². The second kappa shape index (κ2) is 8.24. The highest BCUT2D eigenvalue weighted by molar-refractivity contribution is 7.09. The highest BCUT2D eigenvalue weighted by Gasteiger charge is 2.21. The Morgan fingerprint density at radius 3 is 2.92 bits per heavy atom. The predicted molar refractivity (Wildman–Crippen MR) is 97.4 cm³/mol. The molecule has 0 radical (unpaired) electrons. The summed E-state index contributed by atoms with van der Waals surface area (Å²) in [6, 6.07) is 6.42. The van der Waals surface area contributed by atoms with Crippen molar-refractivity contribution >= 4 is 23.1 Å². The van der Waals surface area contributed by atoms with Gasteiger partial charge in [0.05, 0.1) is 5.01 Å². The van der Waals surface area contributed by atoms with Gasteiger partial charge in [-0.25, -0.2) is 9.97 Å². The van der Waals surface area contributed by atoms with Crippen LogP contribution in [0.3, 0.4) is 0 Å². The van der Waals surface area contributed by atoms with E-state index >= 15 is 0 Å². The molecule has 1 fully saturated rings. The van der Waals surface area contributed by atoms with Crippen LogP contribution >= 0.6 is 11.3 Å². The number of thiazole rings is 1. The van der Waals surface area contributed by atoms with Crippen LogP contribution in [0, 0.1) is 6.92 Å². The van der Waals surface area contributed by atoms with Gasteiger partial charge in [-0.05, 0) is 44.7 Å². The molecule has 0 bridgehead atoms. The van der Waals surface area contributed by atoms with Crippen LogP contribution in [-0.4, -0.2) is 35.0 Å². The van der Waals surface area contributed by atoms with Gasteiger partial charge >= 0.3 is 0 Å². The third-order valence-electron chi connectivity index (χ3n) is 4.34. The lowest BCUT2D eigenvalue weighted by Crippen LogP contribution is -2.44. The maximum absolute atomic E-state index is 12.1. The molecular weight excluding hydrogens is 320 g/mol. The topological polar surface area (TPSA) is 58.1 Å². The standard InChI is InChI=1S/C18H24N4OS/c1-14-4-2-5-16(20-14)22-11-8-15(9-12-22)21-17(23)6-3-7-18-19-10-13-24-18/h2,4-5,10,13,15H,3,6-9,11-12H2,1H3,(H,21,23). The minimum atomic E-state index is 0.165. The van der Waals surface area contributed by atoms with Crippen LogP contribution in [0.1, 0.15) is 36.4 Å². The lowest BCUT2D eigenvalue weighted by Gasteiger charge is -2.33. The van der Waals surface area contributed by atoms with Crippen LogP contribution in [0.4, 0.5) is 5.82 Å². The maximum atomic E-state index is 12.1. The first-order chi connectivity index (χ1) is 11.7. The number of nitrogens with one attached hydrogen (secondary N) is 1. The van der Waals surface area contributed by atoms with Gasteiger partial charge in [-0.2, -0.15) is 0 Å². The maximum Gasteiger partial charge on any atom is 0.220 e. The molecule has 1 N–H and O–H groups in total. The summed E-state index contributed by atoms with van der Waals surface area (Å²) in [6.07, 6.45) is 6.12. The Labute approximate surface area is 147 Å². The number of aromatic nitrogens is 2. The molecule has 1 aliphatic rings.